The molecule has 4 nitrogen and oxygen atoms in total. The molecule has 8 heteroatoms. The van der Waals surface area contributed by atoms with Gasteiger partial charge in [0.15, 0.2) is 16.6 Å². The molecular formula is C26H73NO3Si4. The van der Waals surface area contributed by atoms with Gasteiger partial charge in [0, 0.05) is 11.1 Å². The molecule has 0 spiro atoms. The van der Waals surface area contributed by atoms with E-state index in [0.29, 0.717) is 0 Å². The Labute approximate surface area is 224 Å². The minimum absolute atomic E-state index is 0. The Bertz CT molecular complexity index is 513. The van der Waals surface area contributed by atoms with Crippen LogP contribution in [0.4, 0.5) is 0 Å². The summed E-state index contributed by atoms with van der Waals surface area (Å²) in [7, 11) is -7.84. The fourth-order valence-corrected chi connectivity index (χ4v) is 23.3. The maximum absolute atomic E-state index is 6.86. The van der Waals surface area contributed by atoms with Gasteiger partial charge in [0.05, 0.1) is 0 Å². The molecule has 1 fully saturated rings. The Morgan fingerprint density at radius 3 is 1.29 bits per heavy atom. The van der Waals surface area contributed by atoms with Gasteiger partial charge in [-0.3, -0.25) is 0 Å². The second-order valence-corrected chi connectivity index (χ2v) is 29.2. The summed E-state index contributed by atoms with van der Waals surface area (Å²) in [6.07, 6.45) is 3.64. The Morgan fingerprint density at radius 2 is 0.971 bits per heavy atom. The summed E-state index contributed by atoms with van der Waals surface area (Å²) in [6, 6.07) is 1.07. The molecule has 0 aromatic rings. The average molecular weight is 560 g/mol. The highest BCUT2D eigenvalue weighted by atomic mass is 28.5. The lowest BCUT2D eigenvalue weighted by Crippen LogP contribution is -2.59. The van der Waals surface area contributed by atoms with Gasteiger partial charge in [-0.2, -0.15) is 0 Å². The van der Waals surface area contributed by atoms with E-state index in [-0.39, 0.29) is 55.6 Å². The third-order valence-corrected chi connectivity index (χ3v) is 18.3. The molecule has 1 saturated heterocycles. The zero-order chi connectivity index (χ0) is 22.2. The lowest BCUT2D eigenvalue weighted by Gasteiger charge is -2.47. The summed E-state index contributed by atoms with van der Waals surface area (Å²) in [5, 5.41) is 3.81. The summed E-state index contributed by atoms with van der Waals surface area (Å²) in [5.74, 6) is 0.717. The van der Waals surface area contributed by atoms with E-state index in [0.717, 1.165) is 12.0 Å². The molecule has 0 aliphatic carbocycles. The van der Waals surface area contributed by atoms with Crippen LogP contribution in [-0.4, -0.2) is 44.8 Å². The molecule has 1 N–H and O–H groups in total. The first-order valence-corrected chi connectivity index (χ1v) is 23.2. The minimum Gasteiger partial charge on any atom is -0.437 e. The predicted octanol–water partition coefficient (Wildman–Crippen LogP) is 10.2. The van der Waals surface area contributed by atoms with Crippen molar-refractivity contribution in [2.45, 2.75) is 168 Å². The van der Waals surface area contributed by atoms with E-state index in [1.165, 1.54) is 19.3 Å². The number of piperidine rings is 1. The van der Waals surface area contributed by atoms with Crippen molar-refractivity contribution in [2.75, 3.05) is 0 Å². The van der Waals surface area contributed by atoms with Crippen molar-refractivity contribution in [3.8, 4) is 0 Å². The number of rotatable bonds is 9. The van der Waals surface area contributed by atoms with Gasteiger partial charge in [0.25, 0.3) is 0 Å². The third-order valence-electron chi connectivity index (χ3n) is 4.82. The topological polar surface area (TPSA) is 39.7 Å². The fraction of sp³-hybridized carbons (Fsp3) is 1.00. The highest BCUT2D eigenvalue weighted by Gasteiger charge is 2.45. The highest BCUT2D eigenvalue weighted by molar-refractivity contribution is 6.89. The number of nitrogens with one attached hydrogen (secondary N) is 1. The summed E-state index contributed by atoms with van der Waals surface area (Å²) in [5.41, 5.74) is 0.389. The van der Waals surface area contributed by atoms with Gasteiger partial charge < -0.3 is 17.7 Å². The van der Waals surface area contributed by atoms with Gasteiger partial charge in [0.1, 0.15) is 0 Å². The predicted molar refractivity (Wildman–Crippen MR) is 173 cm³/mol. The Balaban J connectivity index is -0.000000327. The van der Waals surface area contributed by atoms with Crippen molar-refractivity contribution in [3.05, 3.63) is 0 Å². The molecule has 1 heterocycles. The normalized spacial score (nSPS) is 19.3. The van der Waals surface area contributed by atoms with Crippen LogP contribution in [0.2, 0.25) is 65.0 Å². The van der Waals surface area contributed by atoms with Crippen LogP contribution in [0.3, 0.4) is 0 Å². The first-order chi connectivity index (χ1) is 12.1. The SMILES string of the molecule is C.C.C.C.C.C.CC1(C)CC(CC[Si](C)(O[Si](C)(C)C)O[Si](C)(C)O[Si](C)(C)C)CC(C)(C)N1. The molecule has 1 rings (SSSR count). The second-order valence-electron chi connectivity index (χ2n) is 12.8. The maximum Gasteiger partial charge on any atom is 0.315 e. The molecule has 1 atom stereocenters. The monoisotopic (exact) mass is 559 g/mol. The van der Waals surface area contributed by atoms with E-state index in [1.807, 2.05) is 0 Å². The summed E-state index contributed by atoms with van der Waals surface area (Å²) in [6.45, 7) is 29.7. The second kappa shape index (κ2) is 15.8. The molecule has 0 aromatic carbocycles. The molecule has 0 amide bonds. The van der Waals surface area contributed by atoms with E-state index in [4.69, 9.17) is 12.3 Å². The van der Waals surface area contributed by atoms with Crippen molar-refractivity contribution >= 4 is 33.8 Å². The van der Waals surface area contributed by atoms with Gasteiger partial charge in [-0.1, -0.05) is 44.6 Å². The van der Waals surface area contributed by atoms with E-state index in [1.54, 1.807) is 0 Å². The number of hydrogen-bond donors (Lipinski definition) is 1. The van der Waals surface area contributed by atoms with Crippen LogP contribution in [0.5, 0.6) is 0 Å². The highest BCUT2D eigenvalue weighted by Crippen LogP contribution is 2.37. The van der Waals surface area contributed by atoms with Crippen LogP contribution in [0.1, 0.15) is 91.5 Å². The standard InChI is InChI=1S/C20H49NO3Si4.6CH4/c1-19(2)16-18(17-20(3,4)21-19)14-15-28(13,23-26(8,9)10)24-27(11,12)22-25(5,6)7;;;;;;/h18,21H,14-17H2,1-13H3;6*1H4. The lowest BCUT2D eigenvalue weighted by molar-refractivity contribution is 0.124. The number of hydrogen-bond acceptors (Lipinski definition) is 4. The van der Waals surface area contributed by atoms with E-state index in [2.05, 4.69) is 91.9 Å². The molecular weight excluding hydrogens is 487 g/mol. The quantitative estimate of drug-likeness (QED) is 0.285. The zero-order valence-electron chi connectivity index (χ0n) is 21.1. The zero-order valence-corrected chi connectivity index (χ0v) is 25.1. The molecule has 0 radical (unpaired) electrons. The van der Waals surface area contributed by atoms with Crippen molar-refractivity contribution in [1.82, 2.24) is 5.32 Å². The Morgan fingerprint density at radius 1 is 0.618 bits per heavy atom. The molecule has 0 bridgehead atoms. The maximum atomic E-state index is 6.86. The van der Waals surface area contributed by atoms with E-state index in [9.17, 15) is 0 Å². The van der Waals surface area contributed by atoms with Crippen LogP contribution < -0.4 is 5.32 Å². The van der Waals surface area contributed by atoms with Crippen molar-refractivity contribution in [2.24, 2.45) is 5.92 Å². The molecule has 216 valence electrons. The third kappa shape index (κ3) is 19.8. The van der Waals surface area contributed by atoms with Crippen LogP contribution in [-0.2, 0) is 12.3 Å². The Kier molecular flexibility index (Phi) is 22.3. The van der Waals surface area contributed by atoms with Gasteiger partial charge >= 0.3 is 17.1 Å². The van der Waals surface area contributed by atoms with E-state index < -0.39 is 33.8 Å². The summed E-state index contributed by atoms with van der Waals surface area (Å²) in [4.78, 5) is 0. The van der Waals surface area contributed by atoms with Crippen molar-refractivity contribution in [3.63, 3.8) is 0 Å². The molecule has 34 heavy (non-hydrogen) atoms. The summed E-state index contributed by atoms with van der Waals surface area (Å²) < 4.78 is 20.1. The van der Waals surface area contributed by atoms with Crippen LogP contribution in [0, 0.1) is 5.92 Å². The van der Waals surface area contributed by atoms with Gasteiger partial charge in [0.2, 0.25) is 0 Å². The average Bonchev–Trinajstić information content (AvgIpc) is 2.25. The van der Waals surface area contributed by atoms with Crippen LogP contribution >= 0.6 is 0 Å². The fourth-order valence-electron chi connectivity index (χ4n) is 5.25. The molecule has 1 aliphatic rings. The first kappa shape index (κ1) is 47.9. The van der Waals surface area contributed by atoms with Gasteiger partial charge in [-0.05, 0) is 118 Å². The Hall–Kier alpha value is 0.708. The molecule has 0 saturated carbocycles. The molecule has 1 aliphatic heterocycles. The van der Waals surface area contributed by atoms with Crippen LogP contribution in [0.25, 0.3) is 0 Å². The van der Waals surface area contributed by atoms with E-state index >= 15 is 0 Å². The molecule has 1 unspecified atom stereocenters. The van der Waals surface area contributed by atoms with Crippen molar-refractivity contribution < 1.29 is 12.3 Å². The van der Waals surface area contributed by atoms with Crippen LogP contribution in [0.15, 0.2) is 0 Å². The van der Waals surface area contributed by atoms with Gasteiger partial charge in [-0.15, -0.1) is 0 Å². The minimum atomic E-state index is -2.30. The lowest BCUT2D eigenvalue weighted by atomic mass is 9.75. The molecule has 0 aromatic heterocycles. The largest absolute Gasteiger partial charge is 0.437 e. The summed E-state index contributed by atoms with van der Waals surface area (Å²) >= 11 is 0. The van der Waals surface area contributed by atoms with Gasteiger partial charge in [-0.25, -0.2) is 0 Å². The first-order valence-electron chi connectivity index (χ1n) is 11.0. The smallest absolute Gasteiger partial charge is 0.315 e. The van der Waals surface area contributed by atoms with Crippen molar-refractivity contribution in [1.29, 1.82) is 0 Å².